The van der Waals surface area contributed by atoms with E-state index in [1.165, 1.54) is 70.6 Å². The number of anilines is 2. The van der Waals surface area contributed by atoms with Crippen molar-refractivity contribution in [2.75, 3.05) is 36.4 Å². The second-order valence-corrected chi connectivity index (χ2v) is 12.4. The molecule has 3 heterocycles. The SMILES string of the molecule is NC1(C(=O)NCCC2C(Nc3nccc(N4CCCCCC4)n3)CCCN2C2CCCCC2)CCCCC1. The van der Waals surface area contributed by atoms with E-state index in [4.69, 9.17) is 10.7 Å². The van der Waals surface area contributed by atoms with Crippen LogP contribution in [-0.2, 0) is 4.79 Å². The monoisotopic (exact) mass is 525 g/mol. The molecule has 38 heavy (non-hydrogen) atoms. The van der Waals surface area contributed by atoms with E-state index < -0.39 is 5.54 Å². The van der Waals surface area contributed by atoms with Crippen molar-refractivity contribution in [3.63, 3.8) is 0 Å². The average Bonchev–Trinajstić information content (AvgIpc) is 3.25. The minimum Gasteiger partial charge on any atom is -0.356 e. The average molecular weight is 526 g/mol. The summed E-state index contributed by atoms with van der Waals surface area (Å²) < 4.78 is 0. The number of carbonyl (C=O) groups excluding carboxylic acids is 1. The Morgan fingerprint density at radius 3 is 2.39 bits per heavy atom. The molecule has 0 aromatic carbocycles. The summed E-state index contributed by atoms with van der Waals surface area (Å²) in [6.07, 6.45) is 21.8. The first-order valence-electron chi connectivity index (χ1n) is 15.8. The van der Waals surface area contributed by atoms with Gasteiger partial charge in [0.2, 0.25) is 11.9 Å². The van der Waals surface area contributed by atoms with Gasteiger partial charge in [0.1, 0.15) is 5.82 Å². The topological polar surface area (TPSA) is 99.4 Å². The fraction of sp³-hybridized carbons (Fsp3) is 0.833. The summed E-state index contributed by atoms with van der Waals surface area (Å²) >= 11 is 0. The van der Waals surface area contributed by atoms with Crippen LogP contribution in [0.2, 0.25) is 0 Å². The summed E-state index contributed by atoms with van der Waals surface area (Å²) in [6, 6.07) is 3.35. The molecule has 8 nitrogen and oxygen atoms in total. The van der Waals surface area contributed by atoms with E-state index in [1.54, 1.807) is 0 Å². The van der Waals surface area contributed by atoms with Crippen molar-refractivity contribution in [1.29, 1.82) is 0 Å². The van der Waals surface area contributed by atoms with E-state index in [0.717, 1.165) is 69.9 Å². The highest BCUT2D eigenvalue weighted by Gasteiger charge is 2.38. The van der Waals surface area contributed by atoms with E-state index in [9.17, 15) is 4.79 Å². The molecule has 2 unspecified atom stereocenters. The molecule has 2 saturated heterocycles. The highest BCUT2D eigenvalue weighted by atomic mass is 16.2. The number of hydrogen-bond donors (Lipinski definition) is 3. The zero-order valence-electron chi connectivity index (χ0n) is 23.5. The molecular formula is C30H51N7O. The zero-order valence-corrected chi connectivity index (χ0v) is 23.5. The largest absolute Gasteiger partial charge is 0.356 e. The number of hydrogen-bond acceptors (Lipinski definition) is 7. The lowest BCUT2D eigenvalue weighted by Crippen LogP contribution is -2.58. The maximum atomic E-state index is 13.0. The van der Waals surface area contributed by atoms with Gasteiger partial charge in [0, 0.05) is 44.0 Å². The number of amides is 1. The van der Waals surface area contributed by atoms with Crippen LogP contribution >= 0.6 is 0 Å². The fourth-order valence-electron chi connectivity index (χ4n) is 7.46. The molecule has 1 aromatic heterocycles. The van der Waals surface area contributed by atoms with E-state index >= 15 is 0 Å². The van der Waals surface area contributed by atoms with Crippen molar-refractivity contribution in [2.24, 2.45) is 5.73 Å². The summed E-state index contributed by atoms with van der Waals surface area (Å²) in [4.78, 5) is 27.9. The maximum Gasteiger partial charge on any atom is 0.240 e. The van der Waals surface area contributed by atoms with Crippen molar-refractivity contribution in [3.05, 3.63) is 12.3 Å². The first-order chi connectivity index (χ1) is 18.6. The van der Waals surface area contributed by atoms with Gasteiger partial charge in [-0.3, -0.25) is 9.69 Å². The first-order valence-corrected chi connectivity index (χ1v) is 15.8. The van der Waals surface area contributed by atoms with E-state index in [-0.39, 0.29) is 11.9 Å². The highest BCUT2D eigenvalue weighted by molar-refractivity contribution is 5.86. The number of likely N-dealkylation sites (tertiary alicyclic amines) is 1. The molecule has 2 aliphatic heterocycles. The van der Waals surface area contributed by atoms with Crippen LogP contribution in [0.3, 0.4) is 0 Å². The molecule has 1 aromatic rings. The number of nitrogens with zero attached hydrogens (tertiary/aromatic N) is 4. The summed E-state index contributed by atoms with van der Waals surface area (Å²) in [7, 11) is 0. The molecule has 2 atom stereocenters. The van der Waals surface area contributed by atoms with E-state index in [1.807, 2.05) is 6.20 Å². The van der Waals surface area contributed by atoms with Gasteiger partial charge >= 0.3 is 0 Å². The minimum absolute atomic E-state index is 0.0511. The van der Waals surface area contributed by atoms with Crippen LogP contribution in [-0.4, -0.2) is 70.6 Å². The standard InChI is InChI=1S/C30H51N7O/c31-30(17-7-4-8-18-30)28(38)32-19-15-26-25(14-11-23-37(26)24-12-5-3-6-13-24)34-29-33-20-16-27(35-29)36-21-9-1-2-10-22-36/h16,20,24-26H,1-15,17-19,21-23,31H2,(H,32,38)(H,33,34,35). The van der Waals surface area contributed by atoms with Crippen LogP contribution in [0, 0.1) is 0 Å². The normalized spacial score (nSPS) is 27.4. The van der Waals surface area contributed by atoms with Gasteiger partial charge in [-0.1, -0.05) is 51.4 Å². The van der Waals surface area contributed by atoms with E-state index in [0.29, 0.717) is 18.6 Å². The molecule has 4 aliphatic rings. The van der Waals surface area contributed by atoms with Crippen LogP contribution in [0.25, 0.3) is 0 Å². The van der Waals surface area contributed by atoms with Gasteiger partial charge in [-0.15, -0.1) is 0 Å². The predicted octanol–water partition coefficient (Wildman–Crippen LogP) is 4.60. The molecule has 4 fully saturated rings. The van der Waals surface area contributed by atoms with Gasteiger partial charge in [0.05, 0.1) is 5.54 Å². The molecule has 0 radical (unpaired) electrons. The number of aromatic nitrogens is 2. The molecular weight excluding hydrogens is 474 g/mol. The Balaban J connectivity index is 1.26. The third-order valence-corrected chi connectivity index (χ3v) is 9.67. The van der Waals surface area contributed by atoms with Crippen LogP contribution in [0.5, 0.6) is 0 Å². The van der Waals surface area contributed by atoms with Crippen LogP contribution in [0.4, 0.5) is 11.8 Å². The van der Waals surface area contributed by atoms with Crippen LogP contribution in [0.1, 0.15) is 109 Å². The number of nitrogens with two attached hydrogens (primary N) is 1. The molecule has 0 spiro atoms. The van der Waals surface area contributed by atoms with Crippen molar-refractivity contribution < 1.29 is 4.79 Å². The van der Waals surface area contributed by atoms with Crippen molar-refractivity contribution in [3.8, 4) is 0 Å². The number of piperidine rings is 1. The summed E-state index contributed by atoms with van der Waals surface area (Å²) in [5.74, 6) is 1.85. The molecule has 2 saturated carbocycles. The lowest BCUT2D eigenvalue weighted by Gasteiger charge is -2.47. The van der Waals surface area contributed by atoms with Crippen LogP contribution in [0.15, 0.2) is 12.3 Å². The molecule has 212 valence electrons. The third kappa shape index (κ3) is 6.98. The lowest BCUT2D eigenvalue weighted by atomic mass is 9.82. The Morgan fingerprint density at radius 2 is 1.63 bits per heavy atom. The Labute approximate surface area is 229 Å². The lowest BCUT2D eigenvalue weighted by molar-refractivity contribution is -0.127. The summed E-state index contributed by atoms with van der Waals surface area (Å²) in [5.41, 5.74) is 5.85. The molecule has 5 rings (SSSR count). The van der Waals surface area contributed by atoms with Gasteiger partial charge in [-0.25, -0.2) is 4.98 Å². The second-order valence-electron chi connectivity index (χ2n) is 12.4. The Bertz CT molecular complexity index is 875. The number of carbonyl (C=O) groups is 1. The highest BCUT2D eigenvalue weighted by Crippen LogP contribution is 2.32. The van der Waals surface area contributed by atoms with Crippen LogP contribution < -0.4 is 21.3 Å². The van der Waals surface area contributed by atoms with E-state index in [2.05, 4.69) is 31.5 Å². The second kappa shape index (κ2) is 13.4. The van der Waals surface area contributed by atoms with Crippen molar-refractivity contribution in [1.82, 2.24) is 20.2 Å². The molecule has 0 bridgehead atoms. The van der Waals surface area contributed by atoms with Crippen molar-refractivity contribution in [2.45, 2.75) is 133 Å². The summed E-state index contributed by atoms with van der Waals surface area (Å²) in [6.45, 7) is 4.00. The maximum absolute atomic E-state index is 13.0. The third-order valence-electron chi connectivity index (χ3n) is 9.67. The molecule has 4 N–H and O–H groups in total. The van der Waals surface area contributed by atoms with Crippen molar-refractivity contribution >= 4 is 17.7 Å². The Hall–Kier alpha value is -1.93. The smallest absolute Gasteiger partial charge is 0.240 e. The Kier molecular flexibility index (Phi) is 9.76. The zero-order chi connectivity index (χ0) is 26.2. The minimum atomic E-state index is -0.673. The molecule has 8 heteroatoms. The van der Waals surface area contributed by atoms with Gasteiger partial charge in [-0.2, -0.15) is 4.98 Å². The number of rotatable bonds is 8. The predicted molar refractivity (Wildman–Crippen MR) is 154 cm³/mol. The summed E-state index contributed by atoms with van der Waals surface area (Å²) in [5, 5.41) is 7.03. The van der Waals surface area contributed by atoms with Gasteiger partial charge < -0.3 is 21.3 Å². The quantitative estimate of drug-likeness (QED) is 0.456. The fourth-order valence-corrected chi connectivity index (χ4v) is 7.46. The Morgan fingerprint density at radius 1 is 0.921 bits per heavy atom. The molecule has 2 aliphatic carbocycles. The first kappa shape index (κ1) is 27.6. The number of nitrogens with one attached hydrogen (secondary N) is 2. The van der Waals surface area contributed by atoms with Gasteiger partial charge in [0.25, 0.3) is 0 Å². The van der Waals surface area contributed by atoms with Gasteiger partial charge in [0.15, 0.2) is 0 Å². The molecule has 1 amide bonds. The van der Waals surface area contributed by atoms with Gasteiger partial charge in [-0.05, 0) is 70.4 Å².